The summed E-state index contributed by atoms with van der Waals surface area (Å²) in [6.45, 7) is 11.5. The van der Waals surface area contributed by atoms with Gasteiger partial charge < -0.3 is 15.2 Å². The van der Waals surface area contributed by atoms with Crippen molar-refractivity contribution in [3.63, 3.8) is 0 Å². The minimum atomic E-state index is -0.391. The predicted molar refractivity (Wildman–Crippen MR) is 75.3 cm³/mol. The molecule has 1 unspecified atom stereocenters. The van der Waals surface area contributed by atoms with E-state index in [2.05, 4.69) is 31.3 Å². The first-order valence-corrected chi connectivity index (χ1v) is 6.49. The first kappa shape index (κ1) is 15.0. The Morgan fingerprint density at radius 3 is 2.39 bits per heavy atom. The normalized spacial score (nSPS) is 14.3. The highest BCUT2D eigenvalue weighted by atomic mass is 16.5. The molecule has 0 fully saturated rings. The van der Waals surface area contributed by atoms with Crippen LogP contribution in [0.4, 0.5) is 0 Å². The second-order valence-corrected chi connectivity index (χ2v) is 5.19. The maximum atomic E-state index is 9.45. The molecule has 0 aromatic heterocycles. The highest BCUT2D eigenvalue weighted by Gasteiger charge is 2.23. The molecule has 0 radical (unpaired) electrons. The molecule has 0 aliphatic rings. The Morgan fingerprint density at radius 2 is 1.83 bits per heavy atom. The molecule has 102 valence electrons. The molecule has 0 bridgehead atoms. The zero-order chi connectivity index (χ0) is 13.8. The van der Waals surface area contributed by atoms with Gasteiger partial charge in [0.15, 0.2) is 0 Å². The molecule has 0 saturated heterocycles. The molecule has 0 aliphatic heterocycles. The maximum Gasteiger partial charge on any atom is 0.125 e. The van der Waals surface area contributed by atoms with Crippen molar-refractivity contribution < 1.29 is 9.84 Å². The van der Waals surface area contributed by atoms with Crippen molar-refractivity contribution in [2.45, 2.75) is 40.2 Å². The molecule has 1 aromatic carbocycles. The molecule has 1 rings (SSSR count). The molecule has 3 nitrogen and oxygen atoms in total. The zero-order valence-corrected chi connectivity index (χ0v) is 12.1. The van der Waals surface area contributed by atoms with Gasteiger partial charge in [0.05, 0.1) is 12.1 Å². The molecule has 0 spiro atoms. The summed E-state index contributed by atoms with van der Waals surface area (Å²) in [6, 6.07) is 4.17. The Kier molecular flexibility index (Phi) is 5.17. The van der Waals surface area contributed by atoms with Crippen LogP contribution in [0.5, 0.6) is 5.75 Å². The SMILES string of the molecule is CCNC(C)(CO)COc1c(C)ccc(C)c1C. The Hall–Kier alpha value is -1.06. The van der Waals surface area contributed by atoms with E-state index in [0.717, 1.165) is 17.9 Å². The standard InChI is InChI=1S/C15H25NO2/c1-6-16-15(5,9-17)10-18-14-12(3)8-7-11(2)13(14)4/h7-8,16-17H,6,9-10H2,1-5H3. The molecule has 0 aliphatic carbocycles. The number of benzene rings is 1. The third-order valence-electron chi connectivity index (χ3n) is 3.36. The quantitative estimate of drug-likeness (QED) is 0.815. The maximum absolute atomic E-state index is 9.45. The Morgan fingerprint density at radius 1 is 1.22 bits per heavy atom. The number of likely N-dealkylation sites (N-methyl/N-ethyl adjacent to an activating group) is 1. The van der Waals surface area contributed by atoms with Crippen LogP contribution in [0.25, 0.3) is 0 Å². The number of aliphatic hydroxyl groups is 1. The van der Waals surface area contributed by atoms with E-state index in [0.29, 0.717) is 6.61 Å². The second kappa shape index (κ2) is 6.21. The van der Waals surface area contributed by atoms with E-state index in [1.165, 1.54) is 11.1 Å². The summed E-state index contributed by atoms with van der Waals surface area (Å²) in [7, 11) is 0. The molecule has 3 heteroatoms. The molecular formula is C15H25NO2. The average Bonchev–Trinajstić information content (AvgIpc) is 2.34. The average molecular weight is 251 g/mol. The monoisotopic (exact) mass is 251 g/mol. The van der Waals surface area contributed by atoms with E-state index in [1.807, 2.05) is 20.8 Å². The van der Waals surface area contributed by atoms with E-state index in [1.54, 1.807) is 0 Å². The van der Waals surface area contributed by atoms with Crippen LogP contribution in [0, 0.1) is 20.8 Å². The fourth-order valence-corrected chi connectivity index (χ4v) is 1.96. The van der Waals surface area contributed by atoms with Gasteiger partial charge in [0.25, 0.3) is 0 Å². The Balaban J connectivity index is 2.83. The van der Waals surface area contributed by atoms with Gasteiger partial charge in [-0.2, -0.15) is 0 Å². The molecule has 0 amide bonds. The first-order valence-electron chi connectivity index (χ1n) is 6.49. The van der Waals surface area contributed by atoms with Crippen molar-refractivity contribution in [2.24, 2.45) is 0 Å². The van der Waals surface area contributed by atoms with E-state index < -0.39 is 5.54 Å². The van der Waals surface area contributed by atoms with Crippen molar-refractivity contribution in [1.82, 2.24) is 5.32 Å². The van der Waals surface area contributed by atoms with Crippen LogP contribution in [0.3, 0.4) is 0 Å². The van der Waals surface area contributed by atoms with Gasteiger partial charge in [-0.25, -0.2) is 0 Å². The molecule has 0 saturated carbocycles. The summed E-state index contributed by atoms with van der Waals surface area (Å²) in [5, 5.41) is 12.7. The second-order valence-electron chi connectivity index (χ2n) is 5.19. The minimum absolute atomic E-state index is 0.0603. The van der Waals surface area contributed by atoms with E-state index in [4.69, 9.17) is 4.74 Å². The smallest absolute Gasteiger partial charge is 0.125 e. The number of ether oxygens (including phenoxy) is 1. The largest absolute Gasteiger partial charge is 0.491 e. The zero-order valence-electron chi connectivity index (χ0n) is 12.1. The van der Waals surface area contributed by atoms with E-state index in [-0.39, 0.29) is 6.61 Å². The highest BCUT2D eigenvalue weighted by Crippen LogP contribution is 2.26. The summed E-state index contributed by atoms with van der Waals surface area (Å²) in [6.07, 6.45) is 0. The Bertz CT molecular complexity index is 404. The van der Waals surface area contributed by atoms with Gasteiger partial charge in [-0.05, 0) is 50.9 Å². The Labute approximate surface area is 110 Å². The molecule has 18 heavy (non-hydrogen) atoms. The van der Waals surface area contributed by atoms with Crippen molar-refractivity contribution in [2.75, 3.05) is 19.8 Å². The van der Waals surface area contributed by atoms with Crippen LogP contribution >= 0.6 is 0 Å². The van der Waals surface area contributed by atoms with Gasteiger partial charge in [-0.3, -0.25) is 0 Å². The van der Waals surface area contributed by atoms with Crippen LogP contribution in [0.2, 0.25) is 0 Å². The van der Waals surface area contributed by atoms with Gasteiger partial charge in [0, 0.05) is 0 Å². The van der Waals surface area contributed by atoms with Crippen molar-refractivity contribution in [1.29, 1.82) is 0 Å². The molecule has 1 atom stereocenters. The van der Waals surface area contributed by atoms with Crippen LogP contribution in [-0.2, 0) is 0 Å². The number of nitrogens with one attached hydrogen (secondary N) is 1. The third kappa shape index (κ3) is 3.47. The number of aliphatic hydroxyl groups excluding tert-OH is 1. The van der Waals surface area contributed by atoms with Gasteiger partial charge >= 0.3 is 0 Å². The lowest BCUT2D eigenvalue weighted by Crippen LogP contribution is -2.50. The fraction of sp³-hybridized carbons (Fsp3) is 0.600. The minimum Gasteiger partial charge on any atom is -0.491 e. The summed E-state index contributed by atoms with van der Waals surface area (Å²) in [5.74, 6) is 0.938. The first-order chi connectivity index (χ1) is 8.43. The van der Waals surface area contributed by atoms with Gasteiger partial charge in [-0.15, -0.1) is 0 Å². The fourth-order valence-electron chi connectivity index (χ4n) is 1.96. The molecule has 2 N–H and O–H groups in total. The summed E-state index contributed by atoms with van der Waals surface area (Å²) in [5.41, 5.74) is 3.14. The lowest BCUT2D eigenvalue weighted by molar-refractivity contribution is 0.116. The highest BCUT2D eigenvalue weighted by molar-refractivity contribution is 5.44. The summed E-state index contributed by atoms with van der Waals surface area (Å²) in [4.78, 5) is 0. The van der Waals surface area contributed by atoms with Crippen LogP contribution < -0.4 is 10.1 Å². The van der Waals surface area contributed by atoms with Crippen molar-refractivity contribution >= 4 is 0 Å². The molecular weight excluding hydrogens is 226 g/mol. The number of hydrogen-bond donors (Lipinski definition) is 2. The lowest BCUT2D eigenvalue weighted by Gasteiger charge is -2.29. The van der Waals surface area contributed by atoms with Crippen LogP contribution in [0.1, 0.15) is 30.5 Å². The summed E-state index contributed by atoms with van der Waals surface area (Å²) >= 11 is 0. The van der Waals surface area contributed by atoms with Gasteiger partial charge in [-0.1, -0.05) is 19.1 Å². The topological polar surface area (TPSA) is 41.5 Å². The number of hydrogen-bond acceptors (Lipinski definition) is 3. The van der Waals surface area contributed by atoms with Crippen molar-refractivity contribution in [3.05, 3.63) is 28.8 Å². The van der Waals surface area contributed by atoms with Gasteiger partial charge in [0.2, 0.25) is 0 Å². The predicted octanol–water partition coefficient (Wildman–Crippen LogP) is 2.35. The summed E-state index contributed by atoms with van der Waals surface area (Å²) < 4.78 is 5.93. The van der Waals surface area contributed by atoms with Crippen LogP contribution in [0.15, 0.2) is 12.1 Å². The van der Waals surface area contributed by atoms with E-state index >= 15 is 0 Å². The number of aryl methyl sites for hydroxylation is 2. The number of rotatable bonds is 6. The van der Waals surface area contributed by atoms with E-state index in [9.17, 15) is 5.11 Å². The van der Waals surface area contributed by atoms with Crippen molar-refractivity contribution in [3.8, 4) is 5.75 Å². The molecule has 0 heterocycles. The lowest BCUT2D eigenvalue weighted by atomic mass is 10.0. The van der Waals surface area contributed by atoms with Gasteiger partial charge in [0.1, 0.15) is 12.4 Å². The molecule has 1 aromatic rings. The third-order valence-corrected chi connectivity index (χ3v) is 3.36. The van der Waals surface area contributed by atoms with Crippen LogP contribution in [-0.4, -0.2) is 30.4 Å².